The number of benzene rings is 2. The van der Waals surface area contributed by atoms with Crippen LogP contribution in [0.2, 0.25) is 5.02 Å². The minimum Gasteiger partial charge on any atom is -0.483 e. The molecule has 0 amide bonds. The third-order valence-electron chi connectivity index (χ3n) is 4.54. The average Bonchev–Trinajstić information content (AvgIpc) is 3.09. The molecule has 32 heavy (non-hydrogen) atoms. The molecule has 0 aliphatic rings. The molecule has 0 aliphatic carbocycles. The van der Waals surface area contributed by atoms with Gasteiger partial charge in [0, 0.05) is 17.0 Å². The van der Waals surface area contributed by atoms with Crippen LogP contribution >= 0.6 is 11.6 Å². The smallest absolute Gasteiger partial charge is 0.422 e. The second-order valence-electron chi connectivity index (χ2n) is 6.92. The molecule has 4 rings (SSSR count). The second kappa shape index (κ2) is 8.15. The molecule has 0 saturated carbocycles. The zero-order valence-corrected chi connectivity index (χ0v) is 16.9. The van der Waals surface area contributed by atoms with E-state index in [1.807, 2.05) is 0 Å². The summed E-state index contributed by atoms with van der Waals surface area (Å²) in [6, 6.07) is 9.38. The van der Waals surface area contributed by atoms with Crippen LogP contribution in [0.15, 0.2) is 47.4 Å². The number of nitrogens with zero attached hydrogens (tertiary/aromatic N) is 4. The Labute approximate surface area is 182 Å². The van der Waals surface area contributed by atoms with Gasteiger partial charge in [0.15, 0.2) is 6.61 Å². The van der Waals surface area contributed by atoms with Crippen molar-refractivity contribution in [2.75, 3.05) is 6.61 Å². The van der Waals surface area contributed by atoms with E-state index in [4.69, 9.17) is 21.4 Å². The molecular weight excluding hydrogens is 453 g/mol. The molecule has 2 heterocycles. The highest BCUT2D eigenvalue weighted by Crippen LogP contribution is 2.31. The van der Waals surface area contributed by atoms with Crippen molar-refractivity contribution in [3.05, 3.63) is 63.7 Å². The monoisotopic (exact) mass is 466 g/mol. The maximum Gasteiger partial charge on any atom is 0.422 e. The molecule has 2 aromatic heterocycles. The number of aliphatic carboxylic acids is 1. The standard InChI is InChI=1S/C20H14ClF3N4O4/c21-14-6-15-11(5-17(14)32-10-20(22,23)24)7-27(25-15)8-16-12-3-1-2-4-13(12)19(31)28(26-16)9-18(29)30/h1-7H,8-10H2,(H,29,30). The third kappa shape index (κ3) is 4.52. The normalized spacial score (nSPS) is 11.9. The summed E-state index contributed by atoms with van der Waals surface area (Å²) in [4.78, 5) is 23.6. The highest BCUT2D eigenvalue weighted by Gasteiger charge is 2.29. The molecular formula is C20H14ClF3N4O4. The van der Waals surface area contributed by atoms with E-state index in [1.165, 1.54) is 16.8 Å². The summed E-state index contributed by atoms with van der Waals surface area (Å²) < 4.78 is 44.4. The maximum absolute atomic E-state index is 12.5. The molecule has 0 atom stereocenters. The minimum atomic E-state index is -4.51. The van der Waals surface area contributed by atoms with Gasteiger partial charge in [-0.05, 0) is 18.2 Å². The van der Waals surface area contributed by atoms with Gasteiger partial charge in [0.2, 0.25) is 0 Å². The maximum atomic E-state index is 12.5. The largest absolute Gasteiger partial charge is 0.483 e. The Morgan fingerprint density at radius 3 is 2.56 bits per heavy atom. The van der Waals surface area contributed by atoms with Crippen molar-refractivity contribution in [2.45, 2.75) is 19.3 Å². The van der Waals surface area contributed by atoms with Crippen molar-refractivity contribution < 1.29 is 27.8 Å². The lowest BCUT2D eigenvalue weighted by Gasteiger charge is -2.10. The lowest BCUT2D eigenvalue weighted by molar-refractivity contribution is -0.153. The van der Waals surface area contributed by atoms with E-state index in [0.717, 1.165) is 4.68 Å². The summed E-state index contributed by atoms with van der Waals surface area (Å²) in [6.45, 7) is -2.01. The summed E-state index contributed by atoms with van der Waals surface area (Å²) in [6.07, 6.45) is -2.94. The van der Waals surface area contributed by atoms with Crippen molar-refractivity contribution in [1.82, 2.24) is 19.6 Å². The topological polar surface area (TPSA) is 99.2 Å². The van der Waals surface area contributed by atoms with Crippen LogP contribution in [-0.4, -0.2) is 43.4 Å². The Balaban J connectivity index is 1.72. The van der Waals surface area contributed by atoms with E-state index in [-0.39, 0.29) is 17.3 Å². The van der Waals surface area contributed by atoms with Crippen LogP contribution in [-0.2, 0) is 17.9 Å². The number of ether oxygens (including phenoxy) is 1. The van der Waals surface area contributed by atoms with Crippen LogP contribution in [0.1, 0.15) is 5.69 Å². The molecule has 0 saturated heterocycles. The zero-order chi connectivity index (χ0) is 23.0. The van der Waals surface area contributed by atoms with Gasteiger partial charge in [0.25, 0.3) is 5.56 Å². The average molecular weight is 467 g/mol. The Kier molecular flexibility index (Phi) is 5.51. The van der Waals surface area contributed by atoms with E-state index in [0.29, 0.717) is 27.4 Å². The van der Waals surface area contributed by atoms with Crippen molar-refractivity contribution in [3.8, 4) is 5.75 Å². The van der Waals surface area contributed by atoms with E-state index in [1.54, 1.807) is 30.5 Å². The third-order valence-corrected chi connectivity index (χ3v) is 4.83. The van der Waals surface area contributed by atoms with Crippen LogP contribution < -0.4 is 10.3 Å². The highest BCUT2D eigenvalue weighted by molar-refractivity contribution is 6.32. The van der Waals surface area contributed by atoms with Gasteiger partial charge in [0.05, 0.1) is 28.2 Å². The number of halogens is 4. The van der Waals surface area contributed by atoms with E-state index >= 15 is 0 Å². The number of rotatable bonds is 6. The number of hydrogen-bond donors (Lipinski definition) is 1. The molecule has 0 unspecified atom stereocenters. The Morgan fingerprint density at radius 2 is 1.88 bits per heavy atom. The van der Waals surface area contributed by atoms with Crippen molar-refractivity contribution in [1.29, 1.82) is 0 Å². The van der Waals surface area contributed by atoms with Gasteiger partial charge < -0.3 is 9.84 Å². The first kappa shape index (κ1) is 21.6. The second-order valence-corrected chi connectivity index (χ2v) is 7.33. The van der Waals surface area contributed by atoms with Gasteiger partial charge in [0.1, 0.15) is 12.3 Å². The number of alkyl halides is 3. The Hall–Kier alpha value is -3.60. The Morgan fingerprint density at radius 1 is 1.16 bits per heavy atom. The van der Waals surface area contributed by atoms with Crippen LogP contribution in [0, 0.1) is 0 Å². The molecule has 12 heteroatoms. The number of carbonyl (C=O) groups is 1. The predicted molar refractivity (Wildman–Crippen MR) is 109 cm³/mol. The van der Waals surface area contributed by atoms with Crippen LogP contribution in [0.3, 0.4) is 0 Å². The molecule has 2 aromatic carbocycles. The molecule has 4 aromatic rings. The fraction of sp³-hybridized carbons (Fsp3) is 0.200. The first-order valence-corrected chi connectivity index (χ1v) is 9.55. The number of fused-ring (bicyclic) bond motifs is 2. The zero-order valence-electron chi connectivity index (χ0n) is 16.1. The van der Waals surface area contributed by atoms with Gasteiger partial charge in [-0.15, -0.1) is 0 Å². The van der Waals surface area contributed by atoms with E-state index < -0.39 is 30.9 Å². The van der Waals surface area contributed by atoms with Gasteiger partial charge >= 0.3 is 12.1 Å². The number of carboxylic acid groups (broad SMARTS) is 1. The first-order chi connectivity index (χ1) is 15.1. The lowest BCUT2D eigenvalue weighted by atomic mass is 10.1. The summed E-state index contributed by atoms with van der Waals surface area (Å²) in [5.74, 6) is -1.35. The number of hydrogen-bond acceptors (Lipinski definition) is 5. The summed E-state index contributed by atoms with van der Waals surface area (Å²) in [5.41, 5.74) is 0.280. The highest BCUT2D eigenvalue weighted by atomic mass is 35.5. The fourth-order valence-corrected chi connectivity index (χ4v) is 3.45. The van der Waals surface area contributed by atoms with Crippen LogP contribution in [0.25, 0.3) is 21.7 Å². The molecule has 0 aliphatic heterocycles. The van der Waals surface area contributed by atoms with E-state index in [9.17, 15) is 22.8 Å². The Bertz CT molecular complexity index is 1400. The van der Waals surface area contributed by atoms with Gasteiger partial charge in [-0.25, -0.2) is 4.68 Å². The van der Waals surface area contributed by atoms with Crippen molar-refractivity contribution >= 4 is 39.2 Å². The van der Waals surface area contributed by atoms with Crippen LogP contribution in [0.4, 0.5) is 13.2 Å². The van der Waals surface area contributed by atoms with Gasteiger partial charge in [-0.1, -0.05) is 29.8 Å². The van der Waals surface area contributed by atoms with E-state index in [2.05, 4.69) is 10.2 Å². The molecule has 0 fully saturated rings. The minimum absolute atomic E-state index is 0.0226. The van der Waals surface area contributed by atoms with Gasteiger partial charge in [-0.2, -0.15) is 23.4 Å². The summed E-state index contributed by atoms with van der Waals surface area (Å²) >= 11 is 6.02. The predicted octanol–water partition coefficient (Wildman–Crippen LogP) is 3.47. The van der Waals surface area contributed by atoms with Crippen molar-refractivity contribution in [2.24, 2.45) is 0 Å². The number of carboxylic acids is 1. The summed E-state index contributed by atoms with van der Waals surface area (Å²) in [7, 11) is 0. The molecule has 0 bridgehead atoms. The molecule has 0 spiro atoms. The number of aromatic nitrogens is 4. The molecule has 1 N–H and O–H groups in total. The lowest BCUT2D eigenvalue weighted by Crippen LogP contribution is -2.28. The first-order valence-electron chi connectivity index (χ1n) is 9.17. The van der Waals surface area contributed by atoms with Gasteiger partial charge in [-0.3, -0.25) is 14.3 Å². The SMILES string of the molecule is O=C(O)Cn1nc(Cn2cc3cc(OCC(F)(F)F)c(Cl)cc3n2)c2ccccc2c1=O. The van der Waals surface area contributed by atoms with Crippen LogP contribution in [0.5, 0.6) is 5.75 Å². The molecule has 0 radical (unpaired) electrons. The fourth-order valence-electron chi connectivity index (χ4n) is 3.24. The summed E-state index contributed by atoms with van der Waals surface area (Å²) in [5, 5.41) is 18.9. The molecule has 166 valence electrons. The van der Waals surface area contributed by atoms with Crippen molar-refractivity contribution in [3.63, 3.8) is 0 Å². The molecule has 8 nitrogen and oxygen atoms in total. The quantitative estimate of drug-likeness (QED) is 0.467.